The number of hydrogen-bond donors (Lipinski definition) is 3. The molecule has 3 N–H and O–H groups in total. The lowest BCUT2D eigenvalue weighted by Gasteiger charge is -2.40. The third-order valence-corrected chi connectivity index (χ3v) is 13.1. The summed E-state index contributed by atoms with van der Waals surface area (Å²) in [5, 5.41) is 31.4. The summed E-state index contributed by atoms with van der Waals surface area (Å²) in [7, 11) is 0. The van der Waals surface area contributed by atoms with Gasteiger partial charge in [-0.25, -0.2) is 4.79 Å². The Morgan fingerprint density at radius 2 is 0.890 bits per heavy atom. The van der Waals surface area contributed by atoms with Crippen LogP contribution in [-0.2, 0) is 42.9 Å². The van der Waals surface area contributed by atoms with Crippen LogP contribution in [0.5, 0.6) is 0 Å². The first-order valence-corrected chi connectivity index (χ1v) is 29.3. The molecule has 0 aromatic rings. The summed E-state index contributed by atoms with van der Waals surface area (Å²) in [4.78, 5) is 51.0. The molecule has 420 valence electrons. The Bertz CT molecular complexity index is 1500. The van der Waals surface area contributed by atoms with Gasteiger partial charge in [-0.3, -0.25) is 14.4 Å². The Labute approximate surface area is 443 Å². The van der Waals surface area contributed by atoms with E-state index in [0.29, 0.717) is 19.3 Å². The van der Waals surface area contributed by atoms with Crippen molar-refractivity contribution in [3.63, 3.8) is 0 Å². The average Bonchev–Trinajstić information content (AvgIpc) is 3.37. The zero-order valence-electron chi connectivity index (χ0n) is 46.1. The van der Waals surface area contributed by atoms with Crippen LogP contribution >= 0.6 is 0 Å². The smallest absolute Gasteiger partial charge is 0.335 e. The van der Waals surface area contributed by atoms with Gasteiger partial charge in [0.1, 0.15) is 18.8 Å². The summed E-state index contributed by atoms with van der Waals surface area (Å²) in [5.74, 6) is -3.22. The minimum atomic E-state index is -1.91. The first-order valence-electron chi connectivity index (χ1n) is 29.3. The van der Waals surface area contributed by atoms with Crippen molar-refractivity contribution in [1.29, 1.82) is 0 Å². The zero-order valence-corrected chi connectivity index (χ0v) is 46.1. The summed E-state index contributed by atoms with van der Waals surface area (Å²) in [5.41, 5.74) is 0. The Morgan fingerprint density at radius 1 is 0.466 bits per heavy atom. The molecule has 1 aliphatic heterocycles. The Kier molecular flexibility index (Phi) is 45.5. The van der Waals surface area contributed by atoms with Crippen LogP contribution in [0.4, 0.5) is 0 Å². The average molecular weight is 1030 g/mol. The SMILES string of the molecule is CC/C=C\C/C=C\C/C=C\C/C=C\CCC(=O)OCC(COC1OC(C(=O)O)C(O)C(O)C1OC(=O)CCCCCCCCCCC/C=C\CCCCCCCC)OC(=O)CCCCCCCCCCCCC. The molecule has 1 aliphatic rings. The van der Waals surface area contributed by atoms with Crippen LogP contribution in [0.3, 0.4) is 0 Å². The van der Waals surface area contributed by atoms with Crippen molar-refractivity contribution in [3.05, 3.63) is 60.8 Å². The van der Waals surface area contributed by atoms with E-state index in [0.717, 1.165) is 77.0 Å². The molecule has 0 bridgehead atoms. The van der Waals surface area contributed by atoms with E-state index in [9.17, 15) is 34.5 Å². The number of aliphatic carboxylic acids is 1. The number of carbonyl (C=O) groups is 4. The van der Waals surface area contributed by atoms with Crippen molar-refractivity contribution in [3.8, 4) is 0 Å². The van der Waals surface area contributed by atoms with Gasteiger partial charge in [0.05, 0.1) is 6.61 Å². The predicted octanol–water partition coefficient (Wildman–Crippen LogP) is 14.8. The van der Waals surface area contributed by atoms with E-state index in [4.69, 9.17) is 23.7 Å². The highest BCUT2D eigenvalue weighted by molar-refractivity contribution is 5.74. The molecule has 73 heavy (non-hydrogen) atoms. The van der Waals surface area contributed by atoms with Crippen LogP contribution in [0, 0.1) is 0 Å². The summed E-state index contributed by atoms with van der Waals surface area (Å²) < 4.78 is 28.3. The van der Waals surface area contributed by atoms with Crippen LogP contribution in [-0.4, -0.2) is 89.2 Å². The normalized spacial score (nSPS) is 18.7. The number of rotatable bonds is 49. The molecule has 6 unspecified atom stereocenters. The molecule has 1 saturated heterocycles. The molecule has 12 nitrogen and oxygen atoms in total. The van der Waals surface area contributed by atoms with Crippen molar-refractivity contribution in [2.45, 2.75) is 289 Å². The maximum atomic E-state index is 13.1. The van der Waals surface area contributed by atoms with Gasteiger partial charge in [0.15, 0.2) is 24.6 Å². The molecule has 6 atom stereocenters. The largest absolute Gasteiger partial charge is 0.479 e. The molecule has 12 heteroatoms. The number of carboxylic acid groups (broad SMARTS) is 1. The molecular formula is C61H104O12. The van der Waals surface area contributed by atoms with Crippen molar-refractivity contribution in [1.82, 2.24) is 0 Å². The maximum Gasteiger partial charge on any atom is 0.335 e. The molecule has 0 saturated carbocycles. The molecule has 0 amide bonds. The number of unbranched alkanes of at least 4 members (excludes halogenated alkanes) is 25. The fourth-order valence-corrected chi connectivity index (χ4v) is 8.61. The minimum absolute atomic E-state index is 0.0525. The number of ether oxygens (including phenoxy) is 5. The van der Waals surface area contributed by atoms with E-state index in [2.05, 4.69) is 69.4 Å². The van der Waals surface area contributed by atoms with E-state index in [-0.39, 0.29) is 25.9 Å². The highest BCUT2D eigenvalue weighted by atomic mass is 16.7. The number of hydrogen-bond acceptors (Lipinski definition) is 11. The summed E-state index contributed by atoms with van der Waals surface area (Å²) in [6.07, 6.45) is 47.9. The molecule has 0 aliphatic carbocycles. The van der Waals surface area contributed by atoms with Gasteiger partial charge in [0, 0.05) is 19.3 Å². The number of esters is 3. The highest BCUT2D eigenvalue weighted by Gasteiger charge is 2.50. The fraction of sp³-hybridized carbons (Fsp3) is 0.770. The van der Waals surface area contributed by atoms with Crippen molar-refractivity contribution < 1.29 is 58.2 Å². The lowest BCUT2D eigenvalue weighted by molar-refractivity contribution is -0.301. The van der Waals surface area contributed by atoms with E-state index >= 15 is 0 Å². The molecule has 1 fully saturated rings. The summed E-state index contributed by atoms with van der Waals surface area (Å²) in [6.45, 7) is 5.80. The lowest BCUT2D eigenvalue weighted by Crippen LogP contribution is -2.61. The van der Waals surface area contributed by atoms with Gasteiger partial charge in [0.2, 0.25) is 0 Å². The van der Waals surface area contributed by atoms with Crippen LogP contribution in [0.15, 0.2) is 60.8 Å². The molecule has 0 aromatic carbocycles. The molecule has 1 heterocycles. The van der Waals surface area contributed by atoms with Gasteiger partial charge in [0.25, 0.3) is 0 Å². The van der Waals surface area contributed by atoms with Gasteiger partial charge < -0.3 is 39.0 Å². The third kappa shape index (κ3) is 39.5. The molecule has 0 aromatic heterocycles. The fourth-order valence-electron chi connectivity index (χ4n) is 8.61. The van der Waals surface area contributed by atoms with Crippen LogP contribution in [0.25, 0.3) is 0 Å². The van der Waals surface area contributed by atoms with E-state index < -0.39 is 67.3 Å². The monoisotopic (exact) mass is 1030 g/mol. The lowest BCUT2D eigenvalue weighted by atomic mass is 9.98. The first-order chi connectivity index (χ1) is 35.6. The van der Waals surface area contributed by atoms with Crippen LogP contribution < -0.4 is 0 Å². The zero-order chi connectivity index (χ0) is 53.3. The van der Waals surface area contributed by atoms with Gasteiger partial charge >= 0.3 is 23.9 Å². The number of aliphatic hydroxyl groups is 2. The molecular weight excluding hydrogens is 925 g/mol. The Balaban J connectivity index is 2.68. The van der Waals surface area contributed by atoms with Crippen LogP contribution in [0.1, 0.15) is 252 Å². The number of carboxylic acids is 1. The van der Waals surface area contributed by atoms with E-state index in [1.807, 2.05) is 12.2 Å². The number of carbonyl (C=O) groups excluding carboxylic acids is 3. The van der Waals surface area contributed by atoms with Gasteiger partial charge in [-0.15, -0.1) is 0 Å². The van der Waals surface area contributed by atoms with Gasteiger partial charge in [-0.05, 0) is 70.6 Å². The first kappa shape index (κ1) is 67.4. The highest BCUT2D eigenvalue weighted by Crippen LogP contribution is 2.26. The van der Waals surface area contributed by atoms with Crippen molar-refractivity contribution >= 4 is 23.9 Å². The minimum Gasteiger partial charge on any atom is -0.479 e. The molecule has 0 spiro atoms. The van der Waals surface area contributed by atoms with Crippen molar-refractivity contribution in [2.24, 2.45) is 0 Å². The summed E-state index contributed by atoms with van der Waals surface area (Å²) >= 11 is 0. The Hall–Kier alpha value is -3.58. The molecule has 1 rings (SSSR count). The second-order valence-electron chi connectivity index (χ2n) is 19.9. The van der Waals surface area contributed by atoms with Gasteiger partial charge in [-0.2, -0.15) is 0 Å². The topological polar surface area (TPSA) is 175 Å². The van der Waals surface area contributed by atoms with Gasteiger partial charge in [-0.1, -0.05) is 223 Å². The quantitative estimate of drug-likeness (QED) is 0.0228. The van der Waals surface area contributed by atoms with E-state index in [1.165, 1.54) is 116 Å². The second-order valence-corrected chi connectivity index (χ2v) is 19.9. The third-order valence-electron chi connectivity index (χ3n) is 13.1. The predicted molar refractivity (Wildman–Crippen MR) is 294 cm³/mol. The second kappa shape index (κ2) is 49.3. The van der Waals surface area contributed by atoms with E-state index in [1.54, 1.807) is 0 Å². The number of allylic oxidation sites excluding steroid dienone is 10. The molecule has 0 radical (unpaired) electrons. The van der Waals surface area contributed by atoms with Crippen LogP contribution in [0.2, 0.25) is 0 Å². The maximum absolute atomic E-state index is 13.1. The summed E-state index contributed by atoms with van der Waals surface area (Å²) in [6, 6.07) is 0. The Morgan fingerprint density at radius 3 is 1.37 bits per heavy atom. The standard InChI is InChI=1S/C61H104O12/c1-4-7-10-13-16-19-22-24-25-26-27-28-29-31-34-37-40-43-46-49-55(64)72-59-57(66)56(65)58(60(67)68)73-61(59)70-51-52(71-54(63)48-45-42-39-36-32-21-18-15-12-9-6-3)50-69-53(62)47-44-41-38-35-33-30-23-20-17-14-11-8-5-2/h8,11,17,20,24-25,30,33,38,41,52,56-59,61,65-66H,4-7,9-10,12-16,18-19,21-23,26-29,31-32,34-37,39-40,42-51H2,1-3H3,(H,67,68)/b11-8-,20-17-,25-24-,33-30-,41-38-. The number of aliphatic hydroxyl groups excluding tert-OH is 2. The van der Waals surface area contributed by atoms with Crippen molar-refractivity contribution in [2.75, 3.05) is 13.2 Å².